The van der Waals surface area contributed by atoms with E-state index in [0.29, 0.717) is 17.0 Å². The van der Waals surface area contributed by atoms with E-state index in [2.05, 4.69) is 21.2 Å². The molecule has 106 valence electrons. The van der Waals surface area contributed by atoms with Crippen molar-refractivity contribution in [1.29, 1.82) is 0 Å². The van der Waals surface area contributed by atoms with Crippen molar-refractivity contribution in [1.82, 2.24) is 5.32 Å². The average molecular weight is 361 g/mol. The second-order valence-electron chi connectivity index (χ2n) is 4.41. The van der Waals surface area contributed by atoms with Gasteiger partial charge in [-0.2, -0.15) is 0 Å². The molecule has 2 aromatic rings. The largest absolute Gasteiger partial charge is 0.313 e. The number of hydrogen-bond acceptors (Lipinski definition) is 1. The van der Waals surface area contributed by atoms with Gasteiger partial charge in [0.25, 0.3) is 0 Å². The Kier molecular flexibility index (Phi) is 5.13. The predicted molar refractivity (Wildman–Crippen MR) is 81.0 cm³/mol. The van der Waals surface area contributed by atoms with Crippen molar-refractivity contribution in [3.8, 4) is 0 Å². The highest BCUT2D eigenvalue weighted by Gasteiger charge is 2.18. The molecule has 0 spiro atoms. The molecule has 0 amide bonds. The predicted octanol–water partition coefficient (Wildman–Crippen LogP) is 4.88. The zero-order chi connectivity index (χ0) is 14.7. The summed E-state index contributed by atoms with van der Waals surface area (Å²) in [7, 11) is 1.75. The van der Waals surface area contributed by atoms with Crippen LogP contribution >= 0.6 is 27.5 Å². The second-order valence-corrected chi connectivity index (χ2v) is 5.67. The Bertz CT molecular complexity index is 599. The molecule has 0 heterocycles. The van der Waals surface area contributed by atoms with Crippen molar-refractivity contribution in [3.63, 3.8) is 0 Å². The molecule has 0 fully saturated rings. The monoisotopic (exact) mass is 359 g/mol. The summed E-state index contributed by atoms with van der Waals surface area (Å²) in [6.45, 7) is 0. The summed E-state index contributed by atoms with van der Waals surface area (Å²) in [6.07, 6.45) is 0.337. The first-order valence-electron chi connectivity index (χ1n) is 6.08. The Morgan fingerprint density at radius 2 is 2.00 bits per heavy atom. The molecule has 2 aromatic carbocycles. The SMILES string of the molecule is CNC(Cc1c(F)cccc1Cl)c1cc(F)ccc1Br. The quantitative estimate of drug-likeness (QED) is 0.819. The Hall–Kier alpha value is -0.970. The summed E-state index contributed by atoms with van der Waals surface area (Å²) in [5.41, 5.74) is 1.15. The first-order valence-corrected chi connectivity index (χ1v) is 7.25. The molecule has 0 aromatic heterocycles. The number of halogens is 4. The van der Waals surface area contributed by atoms with E-state index in [0.717, 1.165) is 10.0 Å². The molecule has 1 nitrogen and oxygen atoms in total. The van der Waals surface area contributed by atoms with Gasteiger partial charge < -0.3 is 5.32 Å². The minimum absolute atomic E-state index is 0.241. The maximum Gasteiger partial charge on any atom is 0.127 e. The molecule has 0 saturated carbocycles. The van der Waals surface area contributed by atoms with Gasteiger partial charge >= 0.3 is 0 Å². The van der Waals surface area contributed by atoms with Gasteiger partial charge in [-0.1, -0.05) is 33.6 Å². The lowest BCUT2D eigenvalue weighted by Crippen LogP contribution is -2.20. The average Bonchev–Trinajstić information content (AvgIpc) is 2.42. The highest BCUT2D eigenvalue weighted by Crippen LogP contribution is 2.30. The molecule has 0 aliphatic heterocycles. The molecule has 1 atom stereocenters. The van der Waals surface area contributed by atoms with Crippen LogP contribution in [-0.4, -0.2) is 7.05 Å². The van der Waals surface area contributed by atoms with Crippen molar-refractivity contribution in [2.24, 2.45) is 0 Å². The third-order valence-corrected chi connectivity index (χ3v) is 4.23. The van der Waals surface area contributed by atoms with Crippen molar-refractivity contribution in [2.45, 2.75) is 12.5 Å². The molecule has 5 heteroatoms. The van der Waals surface area contributed by atoms with Gasteiger partial charge in [0.15, 0.2) is 0 Å². The van der Waals surface area contributed by atoms with Crippen molar-refractivity contribution in [2.75, 3.05) is 7.05 Å². The Morgan fingerprint density at radius 1 is 1.25 bits per heavy atom. The van der Waals surface area contributed by atoms with Crippen LogP contribution in [0.25, 0.3) is 0 Å². The van der Waals surface area contributed by atoms with E-state index in [1.165, 1.54) is 18.2 Å². The number of nitrogens with one attached hydrogen (secondary N) is 1. The molecule has 2 rings (SSSR count). The summed E-state index contributed by atoms with van der Waals surface area (Å²) >= 11 is 9.42. The molecule has 1 unspecified atom stereocenters. The van der Waals surface area contributed by atoms with Gasteiger partial charge in [-0.05, 0) is 49.4 Å². The summed E-state index contributed by atoms with van der Waals surface area (Å²) in [4.78, 5) is 0. The van der Waals surface area contributed by atoms with E-state index in [1.807, 2.05) is 0 Å². The van der Waals surface area contributed by atoms with Crippen molar-refractivity contribution >= 4 is 27.5 Å². The molecule has 0 aliphatic carbocycles. The topological polar surface area (TPSA) is 12.0 Å². The van der Waals surface area contributed by atoms with Gasteiger partial charge in [0, 0.05) is 21.1 Å². The molecule has 0 bridgehead atoms. The minimum atomic E-state index is -0.356. The number of likely N-dealkylation sites (N-methyl/N-ethyl adjacent to an activating group) is 1. The minimum Gasteiger partial charge on any atom is -0.313 e. The van der Waals surface area contributed by atoms with Crippen LogP contribution in [-0.2, 0) is 6.42 Å². The lowest BCUT2D eigenvalue weighted by molar-refractivity contribution is 0.547. The van der Waals surface area contributed by atoms with Crippen LogP contribution in [0.3, 0.4) is 0 Å². The van der Waals surface area contributed by atoms with Gasteiger partial charge in [-0.25, -0.2) is 8.78 Å². The fourth-order valence-electron chi connectivity index (χ4n) is 2.08. The Labute approximate surface area is 130 Å². The van der Waals surface area contributed by atoms with E-state index in [9.17, 15) is 8.78 Å². The molecular formula is C15H13BrClF2N. The standard InChI is InChI=1S/C15H13BrClF2N/c1-20-15(10-7-9(18)5-6-12(10)16)8-11-13(17)3-2-4-14(11)19/h2-7,15,20H,8H2,1H3. The van der Waals surface area contributed by atoms with Crippen LogP contribution in [0, 0.1) is 11.6 Å². The molecule has 0 saturated heterocycles. The fourth-order valence-corrected chi connectivity index (χ4v) is 2.84. The van der Waals surface area contributed by atoms with Crippen LogP contribution in [0.1, 0.15) is 17.2 Å². The van der Waals surface area contributed by atoms with E-state index in [-0.39, 0.29) is 17.7 Å². The summed E-state index contributed by atoms with van der Waals surface area (Å²) in [6, 6.07) is 8.78. The summed E-state index contributed by atoms with van der Waals surface area (Å²) in [5, 5.41) is 3.44. The maximum atomic E-state index is 13.8. The zero-order valence-corrected chi connectivity index (χ0v) is 13.1. The number of benzene rings is 2. The molecule has 0 aliphatic rings. The lowest BCUT2D eigenvalue weighted by Gasteiger charge is -2.19. The smallest absolute Gasteiger partial charge is 0.127 e. The van der Waals surface area contributed by atoms with Crippen LogP contribution in [0.2, 0.25) is 5.02 Å². The highest BCUT2D eigenvalue weighted by molar-refractivity contribution is 9.10. The first-order chi connectivity index (χ1) is 9.52. The first kappa shape index (κ1) is 15.4. The van der Waals surface area contributed by atoms with Crippen LogP contribution in [0.5, 0.6) is 0 Å². The molecular weight excluding hydrogens is 348 g/mol. The van der Waals surface area contributed by atoms with E-state index >= 15 is 0 Å². The van der Waals surface area contributed by atoms with Gasteiger partial charge in [-0.15, -0.1) is 0 Å². The van der Waals surface area contributed by atoms with Gasteiger partial charge in [0.05, 0.1) is 0 Å². The molecule has 0 radical (unpaired) electrons. The van der Waals surface area contributed by atoms with E-state index in [4.69, 9.17) is 11.6 Å². The van der Waals surface area contributed by atoms with Crippen molar-refractivity contribution in [3.05, 3.63) is 68.7 Å². The zero-order valence-electron chi connectivity index (χ0n) is 10.8. The van der Waals surface area contributed by atoms with Crippen LogP contribution in [0.4, 0.5) is 8.78 Å². The maximum absolute atomic E-state index is 13.8. The van der Waals surface area contributed by atoms with Crippen molar-refractivity contribution < 1.29 is 8.78 Å². The Balaban J connectivity index is 2.36. The third kappa shape index (κ3) is 3.37. The highest BCUT2D eigenvalue weighted by atomic mass is 79.9. The second kappa shape index (κ2) is 6.66. The van der Waals surface area contributed by atoms with Crippen LogP contribution < -0.4 is 5.32 Å². The van der Waals surface area contributed by atoms with Gasteiger partial charge in [0.1, 0.15) is 11.6 Å². The fraction of sp³-hybridized carbons (Fsp3) is 0.200. The van der Waals surface area contributed by atoms with Gasteiger partial charge in [-0.3, -0.25) is 0 Å². The van der Waals surface area contributed by atoms with E-state index < -0.39 is 0 Å². The van der Waals surface area contributed by atoms with Gasteiger partial charge in [0.2, 0.25) is 0 Å². The van der Waals surface area contributed by atoms with E-state index in [1.54, 1.807) is 25.2 Å². The van der Waals surface area contributed by atoms with Crippen LogP contribution in [0.15, 0.2) is 40.9 Å². The number of hydrogen-bond donors (Lipinski definition) is 1. The third-order valence-electron chi connectivity index (χ3n) is 3.15. The molecule has 20 heavy (non-hydrogen) atoms. The normalized spacial score (nSPS) is 12.4. The number of rotatable bonds is 4. The lowest BCUT2D eigenvalue weighted by atomic mass is 9.98. The molecule has 1 N–H and O–H groups in total. The Morgan fingerprint density at radius 3 is 2.65 bits per heavy atom. The summed E-state index contributed by atoms with van der Waals surface area (Å²) < 4.78 is 28.0. The summed E-state index contributed by atoms with van der Waals surface area (Å²) in [5.74, 6) is -0.687.